The SMILES string of the molecule is Cc1c(-c2ccccc2C(F)(F)F)[nH]c(C2CC2)nc1=S. The Hall–Kier alpha value is -1.69. The highest BCUT2D eigenvalue weighted by atomic mass is 32.1. The highest BCUT2D eigenvalue weighted by Gasteiger charge is 2.34. The summed E-state index contributed by atoms with van der Waals surface area (Å²) < 4.78 is 39.9. The lowest BCUT2D eigenvalue weighted by Gasteiger charge is -2.15. The summed E-state index contributed by atoms with van der Waals surface area (Å²) in [6.45, 7) is 1.70. The number of benzene rings is 1. The van der Waals surface area contributed by atoms with Crippen LogP contribution in [0.1, 0.15) is 35.7 Å². The quantitative estimate of drug-likeness (QED) is 0.790. The molecule has 0 saturated heterocycles. The van der Waals surface area contributed by atoms with Crippen molar-refractivity contribution < 1.29 is 13.2 Å². The van der Waals surface area contributed by atoms with Crippen molar-refractivity contribution >= 4 is 12.2 Å². The van der Waals surface area contributed by atoms with Crippen molar-refractivity contribution in [3.63, 3.8) is 0 Å². The van der Waals surface area contributed by atoms with Crippen LogP contribution in [-0.2, 0) is 6.18 Å². The molecule has 0 bridgehead atoms. The van der Waals surface area contributed by atoms with Crippen LogP contribution < -0.4 is 0 Å². The maximum Gasteiger partial charge on any atom is 0.417 e. The molecular formula is C15H13F3N2S. The van der Waals surface area contributed by atoms with Crippen LogP contribution in [0.5, 0.6) is 0 Å². The number of nitrogens with zero attached hydrogens (tertiary/aromatic N) is 1. The summed E-state index contributed by atoms with van der Waals surface area (Å²) in [5, 5.41) is 0. The molecule has 0 amide bonds. The standard InChI is InChI=1S/C15H13F3N2S/c1-8-12(19-13(9-6-7-9)20-14(8)21)10-4-2-3-5-11(10)15(16,17)18/h2-5,9H,6-7H2,1H3,(H,19,20,21). The summed E-state index contributed by atoms with van der Waals surface area (Å²) in [5.74, 6) is 0.988. The van der Waals surface area contributed by atoms with E-state index in [0.29, 0.717) is 27.6 Å². The monoisotopic (exact) mass is 310 g/mol. The van der Waals surface area contributed by atoms with E-state index in [9.17, 15) is 13.2 Å². The minimum Gasteiger partial charge on any atom is -0.343 e. The van der Waals surface area contributed by atoms with E-state index in [1.54, 1.807) is 13.0 Å². The molecule has 2 aromatic rings. The van der Waals surface area contributed by atoms with Crippen molar-refractivity contribution in [3.8, 4) is 11.3 Å². The maximum atomic E-state index is 13.2. The van der Waals surface area contributed by atoms with Crippen LogP contribution >= 0.6 is 12.2 Å². The van der Waals surface area contributed by atoms with Crippen LogP contribution in [0.15, 0.2) is 24.3 Å². The summed E-state index contributed by atoms with van der Waals surface area (Å²) in [4.78, 5) is 7.36. The van der Waals surface area contributed by atoms with Gasteiger partial charge in [-0.1, -0.05) is 30.4 Å². The van der Waals surface area contributed by atoms with Gasteiger partial charge in [-0.2, -0.15) is 13.2 Å². The Labute approximate surface area is 125 Å². The molecule has 1 saturated carbocycles. The summed E-state index contributed by atoms with van der Waals surface area (Å²) >= 11 is 5.20. The Kier molecular flexibility index (Phi) is 3.36. The summed E-state index contributed by atoms with van der Waals surface area (Å²) in [6, 6.07) is 5.54. The molecule has 1 N–H and O–H groups in total. The van der Waals surface area contributed by atoms with Gasteiger partial charge >= 0.3 is 6.18 Å². The summed E-state index contributed by atoms with van der Waals surface area (Å²) in [6.07, 6.45) is -2.40. The van der Waals surface area contributed by atoms with E-state index in [0.717, 1.165) is 18.9 Å². The Balaban J connectivity index is 2.23. The van der Waals surface area contributed by atoms with Crippen LogP contribution in [0.2, 0.25) is 0 Å². The van der Waals surface area contributed by atoms with E-state index in [-0.39, 0.29) is 5.56 Å². The van der Waals surface area contributed by atoms with E-state index >= 15 is 0 Å². The van der Waals surface area contributed by atoms with Crippen molar-refractivity contribution in [1.29, 1.82) is 0 Å². The van der Waals surface area contributed by atoms with Gasteiger partial charge in [0.1, 0.15) is 10.5 Å². The first-order valence-corrected chi connectivity index (χ1v) is 7.06. The van der Waals surface area contributed by atoms with Crippen LogP contribution in [-0.4, -0.2) is 9.97 Å². The van der Waals surface area contributed by atoms with Gasteiger partial charge in [-0.05, 0) is 25.8 Å². The zero-order chi connectivity index (χ0) is 15.2. The van der Waals surface area contributed by atoms with Gasteiger partial charge in [0, 0.05) is 17.0 Å². The topological polar surface area (TPSA) is 28.7 Å². The Morgan fingerprint density at radius 2 is 1.90 bits per heavy atom. The molecule has 0 unspecified atom stereocenters. The number of hydrogen-bond acceptors (Lipinski definition) is 2. The average molecular weight is 310 g/mol. The second-order valence-electron chi connectivity index (χ2n) is 5.24. The van der Waals surface area contributed by atoms with Gasteiger partial charge in [-0.15, -0.1) is 0 Å². The lowest BCUT2D eigenvalue weighted by molar-refractivity contribution is -0.137. The zero-order valence-electron chi connectivity index (χ0n) is 11.3. The Bertz CT molecular complexity index is 745. The normalized spacial score (nSPS) is 15.2. The number of alkyl halides is 3. The molecule has 0 spiro atoms. The molecule has 1 aromatic carbocycles. The molecule has 0 radical (unpaired) electrons. The molecule has 1 aromatic heterocycles. The van der Waals surface area contributed by atoms with Crippen molar-refractivity contribution in [3.05, 3.63) is 45.9 Å². The van der Waals surface area contributed by atoms with E-state index < -0.39 is 11.7 Å². The summed E-state index contributed by atoms with van der Waals surface area (Å²) in [7, 11) is 0. The molecule has 1 aliphatic carbocycles. The van der Waals surface area contributed by atoms with Gasteiger partial charge in [-0.3, -0.25) is 0 Å². The molecular weight excluding hydrogens is 297 g/mol. The van der Waals surface area contributed by atoms with E-state index in [1.807, 2.05) is 0 Å². The zero-order valence-corrected chi connectivity index (χ0v) is 12.1. The van der Waals surface area contributed by atoms with Gasteiger partial charge in [-0.25, -0.2) is 4.98 Å². The van der Waals surface area contributed by atoms with Crippen molar-refractivity contribution in [1.82, 2.24) is 9.97 Å². The van der Waals surface area contributed by atoms with E-state index in [4.69, 9.17) is 12.2 Å². The lowest BCUT2D eigenvalue weighted by atomic mass is 10.0. The number of halogens is 3. The molecule has 21 heavy (non-hydrogen) atoms. The smallest absolute Gasteiger partial charge is 0.343 e. The third kappa shape index (κ3) is 2.72. The van der Waals surface area contributed by atoms with Gasteiger partial charge in [0.15, 0.2) is 0 Å². The molecule has 1 aliphatic rings. The largest absolute Gasteiger partial charge is 0.417 e. The van der Waals surface area contributed by atoms with Gasteiger partial charge in [0.05, 0.1) is 11.3 Å². The Morgan fingerprint density at radius 1 is 1.24 bits per heavy atom. The van der Waals surface area contributed by atoms with Crippen LogP contribution in [0, 0.1) is 11.6 Å². The third-order valence-electron chi connectivity index (χ3n) is 3.64. The van der Waals surface area contributed by atoms with Crippen LogP contribution in [0.3, 0.4) is 0 Å². The number of nitrogens with one attached hydrogen (secondary N) is 1. The molecule has 110 valence electrons. The van der Waals surface area contributed by atoms with Crippen LogP contribution in [0.25, 0.3) is 11.3 Å². The predicted molar refractivity (Wildman–Crippen MR) is 76.6 cm³/mol. The van der Waals surface area contributed by atoms with E-state index in [2.05, 4.69) is 9.97 Å². The third-order valence-corrected chi connectivity index (χ3v) is 4.03. The second kappa shape index (κ2) is 4.94. The molecule has 0 aliphatic heterocycles. The van der Waals surface area contributed by atoms with Crippen molar-refractivity contribution in [2.24, 2.45) is 0 Å². The number of H-pyrrole nitrogens is 1. The molecule has 6 heteroatoms. The number of rotatable bonds is 2. The fourth-order valence-electron chi connectivity index (χ4n) is 2.32. The fraction of sp³-hybridized carbons (Fsp3) is 0.333. The average Bonchev–Trinajstić information content (AvgIpc) is 3.25. The molecule has 1 fully saturated rings. The number of aromatic nitrogens is 2. The lowest BCUT2D eigenvalue weighted by Crippen LogP contribution is -2.09. The molecule has 0 atom stereocenters. The first kappa shape index (κ1) is 14.3. The Morgan fingerprint density at radius 3 is 2.52 bits per heavy atom. The maximum absolute atomic E-state index is 13.2. The van der Waals surface area contributed by atoms with E-state index in [1.165, 1.54) is 12.1 Å². The second-order valence-corrected chi connectivity index (χ2v) is 5.63. The minimum atomic E-state index is -4.40. The number of hydrogen-bond donors (Lipinski definition) is 1. The molecule has 1 heterocycles. The first-order valence-electron chi connectivity index (χ1n) is 6.65. The van der Waals surface area contributed by atoms with Crippen molar-refractivity contribution in [2.75, 3.05) is 0 Å². The van der Waals surface area contributed by atoms with Gasteiger partial charge in [0.2, 0.25) is 0 Å². The first-order chi connectivity index (χ1) is 9.88. The molecule has 2 nitrogen and oxygen atoms in total. The number of aromatic amines is 1. The fourth-order valence-corrected chi connectivity index (χ4v) is 2.52. The van der Waals surface area contributed by atoms with Gasteiger partial charge in [0.25, 0.3) is 0 Å². The summed E-state index contributed by atoms with van der Waals surface area (Å²) in [5.41, 5.74) is 0.459. The highest BCUT2D eigenvalue weighted by Crippen LogP contribution is 2.41. The predicted octanol–water partition coefficient (Wildman–Crippen LogP) is 5.01. The van der Waals surface area contributed by atoms with Gasteiger partial charge < -0.3 is 4.98 Å². The highest BCUT2D eigenvalue weighted by molar-refractivity contribution is 7.71. The van der Waals surface area contributed by atoms with Crippen molar-refractivity contribution in [2.45, 2.75) is 31.9 Å². The van der Waals surface area contributed by atoms with Crippen LogP contribution in [0.4, 0.5) is 13.2 Å². The minimum absolute atomic E-state index is 0.123. The molecule has 3 rings (SSSR count).